The largest absolute Gasteiger partial charge is 0.871 e. The summed E-state index contributed by atoms with van der Waals surface area (Å²) in [7, 11) is -3.48. The smallest absolute Gasteiger partial charge is 0.0604 e. The van der Waals surface area contributed by atoms with E-state index in [9.17, 15) is 10.0 Å². The Bertz CT molecular complexity index is 1720. The maximum atomic E-state index is 10.6. The lowest BCUT2D eigenvalue weighted by Crippen LogP contribution is -2.47. The first kappa shape index (κ1) is 82.3. The number of unbranched alkanes of at least 4 members (excludes halogenated alkanes) is 30. The van der Waals surface area contributed by atoms with Gasteiger partial charge in [0.25, 0.3) is 0 Å². The Balaban J connectivity index is 0.000000641. The maximum Gasteiger partial charge on any atom is 0.0604 e. The number of halogens is 3. The van der Waals surface area contributed by atoms with Crippen LogP contribution in [-0.4, -0.2) is 63.2 Å². The summed E-state index contributed by atoms with van der Waals surface area (Å²) in [5.74, 6) is 0. The standard InChI is InChI=1S/2C26H56P.C24H22BCl3O3/c2*1-5-9-13-14-15-16-17-18-19-20-21-22-26-27(23-10-6-2,24-11-7-3)25-12-8-4;26-21-10-4-7-18(15-21)24(19-8-5-11-22(27)16-19,20-9-6-12-23(28)17-20)13-2-1-3-14-31-25(29)30/h2*5-26H2,1-4H3;4-12,15-17H,1-3,13-14H2/q2*+1;-2. The lowest BCUT2D eigenvalue weighted by molar-refractivity contribution is -0.381. The molecule has 0 amide bonds. The van der Waals surface area contributed by atoms with E-state index in [2.05, 4.69) is 78.2 Å². The predicted molar refractivity (Wildman–Crippen MR) is 389 cm³/mol. The lowest BCUT2D eigenvalue weighted by Gasteiger charge is -2.37. The normalized spacial score (nSPS) is 11.8. The molecule has 0 saturated heterocycles. The van der Waals surface area contributed by atoms with Gasteiger partial charge in [-0.3, -0.25) is 0 Å². The van der Waals surface area contributed by atoms with E-state index in [0.29, 0.717) is 21.5 Å². The molecule has 0 spiro atoms. The van der Waals surface area contributed by atoms with Gasteiger partial charge in [0.15, 0.2) is 0 Å². The lowest BCUT2D eigenvalue weighted by atomic mass is 9.66. The van der Waals surface area contributed by atoms with Gasteiger partial charge in [-0.15, -0.1) is 0 Å². The molecule has 3 aromatic carbocycles. The number of rotatable bonds is 54. The van der Waals surface area contributed by atoms with E-state index < -0.39 is 27.3 Å². The van der Waals surface area contributed by atoms with Gasteiger partial charge >= 0.3 is 0 Å². The third-order valence-corrected chi connectivity index (χ3v) is 29.1. The Hall–Kier alpha value is -0.665. The molecule has 0 unspecified atom stereocenters. The van der Waals surface area contributed by atoms with E-state index in [4.69, 9.17) is 34.8 Å². The topological polar surface area (TPSA) is 55.3 Å². The molecule has 3 nitrogen and oxygen atoms in total. The average molecular weight is 1280 g/mol. The molecule has 3 rings (SSSR count). The molecule has 9 heteroatoms. The SMILES string of the molecule is CCCCCCCCCCCCCC[P+](CCCC)(CCCC)CCCC.CCCCCCCCCCCCCC[P+](CCCC)(CCCC)CCCC.[O-]B([O-])OCCCCCC(c1cccc(Cl)c1)(c1cccc(Cl)c1)c1cccc(Cl)c1. The number of hydrogen-bond acceptors (Lipinski definition) is 3. The zero-order chi connectivity index (χ0) is 62.4. The van der Waals surface area contributed by atoms with Gasteiger partial charge in [-0.1, -0.05) is 306 Å². The summed E-state index contributed by atoms with van der Waals surface area (Å²) in [5.41, 5.74) is 2.60. The van der Waals surface area contributed by atoms with Crippen LogP contribution in [-0.2, 0) is 10.1 Å². The van der Waals surface area contributed by atoms with E-state index in [0.717, 1.165) is 36.0 Å². The van der Waals surface area contributed by atoms with Crippen molar-refractivity contribution in [1.29, 1.82) is 0 Å². The summed E-state index contributed by atoms with van der Waals surface area (Å²) in [5, 5.41) is 23.1. The minimum atomic E-state index is -2.23. The van der Waals surface area contributed by atoms with Crippen molar-refractivity contribution in [2.45, 2.75) is 318 Å². The van der Waals surface area contributed by atoms with Gasteiger partial charge in [-0.05, 0) is 130 Å². The number of hydrogen-bond donors (Lipinski definition) is 0. The minimum Gasteiger partial charge on any atom is -0.871 e. The molecule has 3 aromatic rings. The van der Waals surface area contributed by atoms with Crippen molar-refractivity contribution >= 4 is 56.6 Å². The van der Waals surface area contributed by atoms with Crippen LogP contribution in [0.5, 0.6) is 0 Å². The summed E-state index contributed by atoms with van der Waals surface area (Å²) in [4.78, 5) is 0. The van der Waals surface area contributed by atoms with Crippen molar-refractivity contribution in [3.05, 3.63) is 105 Å². The first-order valence-electron chi connectivity index (χ1n) is 36.3. The summed E-state index contributed by atoms with van der Waals surface area (Å²) < 4.78 is 4.61. The van der Waals surface area contributed by atoms with Gasteiger partial charge in [0.1, 0.15) is 0 Å². The fraction of sp³-hybridized carbons (Fsp3) is 0.763. The van der Waals surface area contributed by atoms with Gasteiger partial charge in [0, 0.05) is 41.6 Å². The molecular weight excluding hydrogens is 1140 g/mol. The van der Waals surface area contributed by atoms with Crippen LogP contribution < -0.4 is 10.0 Å². The Morgan fingerprint density at radius 3 is 0.800 bits per heavy atom. The van der Waals surface area contributed by atoms with Crippen LogP contribution in [0.2, 0.25) is 15.1 Å². The predicted octanol–water partition coefficient (Wildman–Crippen LogP) is 25.5. The molecule has 0 fully saturated rings. The van der Waals surface area contributed by atoms with Crippen molar-refractivity contribution < 1.29 is 14.7 Å². The van der Waals surface area contributed by atoms with Crippen LogP contribution >= 0.6 is 49.3 Å². The van der Waals surface area contributed by atoms with Gasteiger partial charge in [0.2, 0.25) is 0 Å². The Kier molecular flexibility index (Phi) is 54.4. The summed E-state index contributed by atoms with van der Waals surface area (Å²) in [6.07, 6.45) is 68.9. The monoisotopic (exact) mass is 1270 g/mol. The highest BCUT2D eigenvalue weighted by Gasteiger charge is 2.38. The molecular formula is C76H134BCl3O3P2. The molecule has 0 bridgehead atoms. The van der Waals surface area contributed by atoms with Crippen molar-refractivity contribution in [3.63, 3.8) is 0 Å². The summed E-state index contributed by atoms with van der Waals surface area (Å²) in [6, 6.07) is 23.5. The molecule has 0 aliphatic rings. The minimum absolute atomic E-state index is 0.163. The third-order valence-electron chi connectivity index (χ3n) is 18.3. The van der Waals surface area contributed by atoms with E-state index in [1.807, 2.05) is 54.6 Å². The average Bonchev–Trinajstić information content (AvgIpc) is 3.69. The first-order valence-corrected chi connectivity index (χ1v) is 42.5. The Morgan fingerprint density at radius 2 is 0.553 bits per heavy atom. The van der Waals surface area contributed by atoms with Crippen LogP contribution in [0.3, 0.4) is 0 Å². The van der Waals surface area contributed by atoms with E-state index in [-0.39, 0.29) is 6.61 Å². The summed E-state index contributed by atoms with van der Waals surface area (Å²) >= 11 is 19.2. The molecule has 0 heterocycles. The molecule has 0 aliphatic carbocycles. The molecule has 0 aromatic heterocycles. The van der Waals surface area contributed by atoms with E-state index in [1.54, 1.807) is 62.1 Å². The van der Waals surface area contributed by atoms with Gasteiger partial charge in [0.05, 0.1) is 56.6 Å². The van der Waals surface area contributed by atoms with Gasteiger partial charge < -0.3 is 14.7 Å². The number of benzene rings is 3. The Morgan fingerprint density at radius 1 is 0.318 bits per heavy atom. The second-order valence-electron chi connectivity index (χ2n) is 25.8. The molecule has 85 heavy (non-hydrogen) atoms. The van der Waals surface area contributed by atoms with Crippen molar-refractivity contribution in [3.8, 4) is 0 Å². The van der Waals surface area contributed by atoms with Crippen molar-refractivity contribution in [2.24, 2.45) is 0 Å². The fourth-order valence-corrected chi connectivity index (χ4v) is 23.9. The molecule has 0 saturated carbocycles. The second-order valence-corrected chi connectivity index (χ2v) is 36.0. The van der Waals surface area contributed by atoms with Crippen LogP contribution in [0.4, 0.5) is 0 Å². The van der Waals surface area contributed by atoms with Gasteiger partial charge in [-0.25, -0.2) is 0 Å². The third kappa shape index (κ3) is 40.0. The zero-order valence-electron chi connectivity index (χ0n) is 56.9. The van der Waals surface area contributed by atoms with Crippen molar-refractivity contribution in [1.82, 2.24) is 0 Å². The van der Waals surface area contributed by atoms with Crippen LogP contribution in [0, 0.1) is 0 Å². The van der Waals surface area contributed by atoms with Crippen LogP contribution in [0.25, 0.3) is 0 Å². The van der Waals surface area contributed by atoms with E-state index >= 15 is 0 Å². The van der Waals surface area contributed by atoms with Crippen molar-refractivity contribution in [2.75, 3.05) is 55.9 Å². The second kappa shape index (κ2) is 56.1. The Labute approximate surface area is 545 Å². The molecule has 0 aliphatic heterocycles. The zero-order valence-corrected chi connectivity index (χ0v) is 61.0. The first-order chi connectivity index (χ1) is 41.4. The highest BCUT2D eigenvalue weighted by Crippen LogP contribution is 2.62. The van der Waals surface area contributed by atoms with Crippen LogP contribution in [0.1, 0.15) is 329 Å². The highest BCUT2D eigenvalue weighted by atomic mass is 35.5. The summed E-state index contributed by atoms with van der Waals surface area (Å²) in [6.45, 7) is 19.1. The maximum absolute atomic E-state index is 10.6. The van der Waals surface area contributed by atoms with Gasteiger partial charge in [-0.2, -0.15) is 0 Å². The molecule has 490 valence electrons. The highest BCUT2D eigenvalue weighted by molar-refractivity contribution is 7.76. The van der Waals surface area contributed by atoms with E-state index in [1.165, 1.54) is 218 Å². The van der Waals surface area contributed by atoms with Crippen LogP contribution in [0.15, 0.2) is 72.8 Å². The molecule has 0 atom stereocenters. The fourth-order valence-electron chi connectivity index (χ4n) is 12.9. The molecule has 0 radical (unpaired) electrons. The quantitative estimate of drug-likeness (QED) is 0.0245. The molecule has 0 N–H and O–H groups in total.